The number of ketones is 1. The maximum atomic E-state index is 16.1. The van der Waals surface area contributed by atoms with Crippen molar-refractivity contribution in [3.05, 3.63) is 11.6 Å². The SMILES string of the molecule is C[C@]12CCC(=O)C=C1CC[C@@H]1[C@@H]2CC[C@]2(C)[C@@H](O)CC[C@@]12F. The van der Waals surface area contributed by atoms with Crippen LogP contribution in [0.3, 0.4) is 0 Å². The molecule has 0 aliphatic heterocycles. The number of carbonyl (C=O) groups is 1. The highest BCUT2D eigenvalue weighted by Crippen LogP contribution is 2.68. The first-order valence-electron chi connectivity index (χ1n) is 8.92. The summed E-state index contributed by atoms with van der Waals surface area (Å²) >= 11 is 0. The maximum absolute atomic E-state index is 16.1. The van der Waals surface area contributed by atoms with Crippen LogP contribution in [0.25, 0.3) is 0 Å². The van der Waals surface area contributed by atoms with Crippen molar-refractivity contribution in [3.8, 4) is 0 Å². The number of carbonyl (C=O) groups excluding carboxylic acids is 1. The fourth-order valence-corrected chi connectivity index (χ4v) is 6.45. The van der Waals surface area contributed by atoms with Crippen LogP contribution in [-0.4, -0.2) is 22.7 Å². The van der Waals surface area contributed by atoms with E-state index in [0.29, 0.717) is 25.2 Å². The molecule has 0 aromatic rings. The Morgan fingerprint density at radius 2 is 1.86 bits per heavy atom. The van der Waals surface area contributed by atoms with E-state index in [-0.39, 0.29) is 17.1 Å². The van der Waals surface area contributed by atoms with Crippen molar-refractivity contribution >= 4 is 5.78 Å². The van der Waals surface area contributed by atoms with E-state index in [1.165, 1.54) is 5.57 Å². The Bertz CT molecular complexity index is 556. The summed E-state index contributed by atoms with van der Waals surface area (Å²) < 4.78 is 16.1. The average molecular weight is 306 g/mol. The van der Waals surface area contributed by atoms with E-state index in [2.05, 4.69) is 6.92 Å². The van der Waals surface area contributed by atoms with Crippen molar-refractivity contribution in [2.24, 2.45) is 22.7 Å². The number of hydrogen-bond donors (Lipinski definition) is 1. The van der Waals surface area contributed by atoms with E-state index >= 15 is 4.39 Å². The molecule has 0 bridgehead atoms. The molecule has 0 amide bonds. The molecule has 0 saturated heterocycles. The fraction of sp³-hybridized carbons (Fsp3) is 0.842. The lowest BCUT2D eigenvalue weighted by molar-refractivity contribution is -0.151. The predicted octanol–water partition coefficient (Wildman–Crippen LogP) is 3.97. The standard InChI is InChI=1S/C19H27FO2/c1-17-8-5-13(21)11-12(17)3-4-15-14(17)6-9-18(2)16(22)7-10-19(15,18)20/h11,14-16,22H,3-10H2,1-2H3/t14-,15+,16-,17-,18+,19+/m0/s1. The molecule has 4 aliphatic carbocycles. The first-order valence-corrected chi connectivity index (χ1v) is 8.92. The van der Waals surface area contributed by atoms with Gasteiger partial charge in [0.05, 0.1) is 6.10 Å². The van der Waals surface area contributed by atoms with Crippen molar-refractivity contribution in [1.82, 2.24) is 0 Å². The predicted molar refractivity (Wildman–Crippen MR) is 83.1 cm³/mol. The van der Waals surface area contributed by atoms with E-state index in [9.17, 15) is 9.90 Å². The number of alkyl halides is 1. The first-order chi connectivity index (χ1) is 10.3. The molecule has 3 heteroatoms. The van der Waals surface area contributed by atoms with Gasteiger partial charge in [-0.15, -0.1) is 0 Å². The van der Waals surface area contributed by atoms with Crippen molar-refractivity contribution in [2.45, 2.75) is 77.0 Å². The highest BCUT2D eigenvalue weighted by molar-refractivity contribution is 5.91. The Labute approximate surface area is 132 Å². The fourth-order valence-electron chi connectivity index (χ4n) is 6.45. The summed E-state index contributed by atoms with van der Waals surface area (Å²) in [6, 6.07) is 0. The summed E-state index contributed by atoms with van der Waals surface area (Å²) in [5, 5.41) is 10.4. The van der Waals surface area contributed by atoms with Crippen molar-refractivity contribution in [3.63, 3.8) is 0 Å². The van der Waals surface area contributed by atoms with Gasteiger partial charge in [0.2, 0.25) is 0 Å². The van der Waals surface area contributed by atoms with Gasteiger partial charge in [-0.3, -0.25) is 4.79 Å². The molecule has 0 unspecified atom stereocenters. The molecule has 0 aromatic carbocycles. The third kappa shape index (κ3) is 1.61. The molecule has 2 nitrogen and oxygen atoms in total. The van der Waals surface area contributed by atoms with Crippen molar-refractivity contribution in [2.75, 3.05) is 0 Å². The number of allylic oxidation sites excluding steroid dienone is 1. The van der Waals surface area contributed by atoms with Crippen molar-refractivity contribution < 1.29 is 14.3 Å². The van der Waals surface area contributed by atoms with Crippen LogP contribution >= 0.6 is 0 Å². The van der Waals surface area contributed by atoms with Crippen LogP contribution in [0.15, 0.2) is 11.6 Å². The highest BCUT2D eigenvalue weighted by Gasteiger charge is 2.67. The van der Waals surface area contributed by atoms with Crippen LogP contribution in [0.2, 0.25) is 0 Å². The molecule has 3 fully saturated rings. The van der Waals surface area contributed by atoms with Crippen LogP contribution in [0.1, 0.15) is 65.2 Å². The van der Waals surface area contributed by atoms with Gasteiger partial charge in [0.25, 0.3) is 0 Å². The second-order valence-corrected chi connectivity index (χ2v) is 8.68. The molecule has 122 valence electrons. The third-order valence-corrected chi connectivity index (χ3v) is 8.02. The maximum Gasteiger partial charge on any atom is 0.155 e. The summed E-state index contributed by atoms with van der Waals surface area (Å²) in [4.78, 5) is 11.8. The molecule has 0 radical (unpaired) electrons. The quantitative estimate of drug-likeness (QED) is 0.735. The Kier molecular flexibility index (Phi) is 3.00. The number of fused-ring (bicyclic) bond motifs is 5. The lowest BCUT2D eigenvalue weighted by atomic mass is 9.46. The Morgan fingerprint density at radius 1 is 1.09 bits per heavy atom. The minimum absolute atomic E-state index is 0.00475. The van der Waals surface area contributed by atoms with Crippen LogP contribution in [-0.2, 0) is 4.79 Å². The zero-order chi connectivity index (χ0) is 15.8. The number of hydrogen-bond acceptors (Lipinski definition) is 2. The second kappa shape index (κ2) is 4.43. The first kappa shape index (κ1) is 14.9. The van der Waals surface area contributed by atoms with Crippen LogP contribution < -0.4 is 0 Å². The Morgan fingerprint density at radius 3 is 2.64 bits per heavy atom. The van der Waals surface area contributed by atoms with E-state index in [1.54, 1.807) is 0 Å². The molecular weight excluding hydrogens is 279 g/mol. The summed E-state index contributed by atoms with van der Waals surface area (Å²) in [6.07, 6.45) is 7.47. The summed E-state index contributed by atoms with van der Waals surface area (Å²) in [5.41, 5.74) is -0.498. The zero-order valence-corrected chi connectivity index (χ0v) is 13.7. The van der Waals surface area contributed by atoms with E-state index in [1.807, 2.05) is 13.0 Å². The van der Waals surface area contributed by atoms with Crippen LogP contribution in [0, 0.1) is 22.7 Å². The molecule has 4 rings (SSSR count). The molecule has 1 N–H and O–H groups in total. The van der Waals surface area contributed by atoms with Gasteiger partial charge in [0.15, 0.2) is 5.78 Å². The molecular formula is C19H27FO2. The Balaban J connectivity index is 1.74. The summed E-state index contributed by atoms with van der Waals surface area (Å²) in [5.74, 6) is 0.639. The van der Waals surface area contributed by atoms with Gasteiger partial charge in [0, 0.05) is 11.8 Å². The summed E-state index contributed by atoms with van der Waals surface area (Å²) in [7, 11) is 0. The molecule has 0 heterocycles. The normalized spacial score (nSPS) is 54.3. The van der Waals surface area contributed by atoms with Gasteiger partial charge in [0.1, 0.15) is 5.67 Å². The number of aliphatic hydroxyl groups excluding tert-OH is 1. The zero-order valence-electron chi connectivity index (χ0n) is 13.7. The molecule has 3 saturated carbocycles. The van der Waals surface area contributed by atoms with Gasteiger partial charge in [-0.2, -0.15) is 0 Å². The third-order valence-electron chi connectivity index (χ3n) is 8.02. The Hall–Kier alpha value is -0.700. The second-order valence-electron chi connectivity index (χ2n) is 8.68. The van der Waals surface area contributed by atoms with Crippen molar-refractivity contribution in [1.29, 1.82) is 0 Å². The number of halogens is 1. The lowest BCUT2D eigenvalue weighted by Gasteiger charge is -2.59. The largest absolute Gasteiger partial charge is 0.392 e. The molecule has 6 atom stereocenters. The minimum Gasteiger partial charge on any atom is -0.392 e. The minimum atomic E-state index is -1.22. The number of rotatable bonds is 0. The molecule has 0 aromatic heterocycles. The van der Waals surface area contributed by atoms with Gasteiger partial charge in [-0.25, -0.2) is 4.39 Å². The lowest BCUT2D eigenvalue weighted by Crippen LogP contribution is -2.59. The van der Waals surface area contributed by atoms with Crippen LogP contribution in [0.4, 0.5) is 4.39 Å². The summed E-state index contributed by atoms with van der Waals surface area (Å²) in [6.45, 7) is 4.23. The van der Waals surface area contributed by atoms with E-state index in [4.69, 9.17) is 0 Å². The number of aliphatic hydroxyl groups is 1. The highest BCUT2D eigenvalue weighted by atomic mass is 19.1. The van der Waals surface area contributed by atoms with Gasteiger partial charge >= 0.3 is 0 Å². The average Bonchev–Trinajstić information content (AvgIpc) is 2.72. The molecule has 0 spiro atoms. The van der Waals surface area contributed by atoms with Gasteiger partial charge in [-0.1, -0.05) is 19.4 Å². The molecule has 4 aliphatic rings. The van der Waals surface area contributed by atoms with E-state index in [0.717, 1.165) is 32.1 Å². The topological polar surface area (TPSA) is 37.3 Å². The van der Waals surface area contributed by atoms with E-state index < -0.39 is 17.2 Å². The van der Waals surface area contributed by atoms with Crippen LogP contribution in [0.5, 0.6) is 0 Å². The van der Waals surface area contributed by atoms with Gasteiger partial charge < -0.3 is 5.11 Å². The smallest absolute Gasteiger partial charge is 0.155 e. The van der Waals surface area contributed by atoms with Gasteiger partial charge in [-0.05, 0) is 68.3 Å². The monoisotopic (exact) mass is 306 g/mol. The molecule has 22 heavy (non-hydrogen) atoms.